The maximum absolute atomic E-state index is 12.9. The lowest BCUT2D eigenvalue weighted by Crippen LogP contribution is -2.13. The van der Waals surface area contributed by atoms with Crippen LogP contribution in [0.5, 0.6) is 5.75 Å². The maximum Gasteiger partial charge on any atom is 0.418 e. The number of rotatable bonds is 3. The fraction of sp³-hybridized carbons (Fsp3) is 0.174. The molecular formula is C23H20ClNO3. The van der Waals surface area contributed by atoms with E-state index in [-0.39, 0.29) is 0 Å². The summed E-state index contributed by atoms with van der Waals surface area (Å²) >= 11 is 6.27. The first-order chi connectivity index (χ1) is 13.6. The first-order valence-electron chi connectivity index (χ1n) is 9.10. The Bertz CT molecular complexity index is 1200. The molecule has 3 aromatic carbocycles. The highest BCUT2D eigenvalue weighted by molar-refractivity contribution is 6.32. The van der Waals surface area contributed by atoms with E-state index in [0.717, 1.165) is 44.2 Å². The zero-order valence-corrected chi connectivity index (χ0v) is 16.7. The molecule has 5 heteroatoms. The van der Waals surface area contributed by atoms with E-state index in [2.05, 4.69) is 0 Å². The highest BCUT2D eigenvalue weighted by atomic mass is 35.5. The van der Waals surface area contributed by atoms with Crippen LogP contribution in [0.4, 0.5) is 4.79 Å². The van der Waals surface area contributed by atoms with Crippen LogP contribution in [-0.2, 0) is 4.74 Å². The normalized spacial score (nSPS) is 11.1. The molecule has 0 amide bonds. The molecule has 28 heavy (non-hydrogen) atoms. The lowest BCUT2D eigenvalue weighted by molar-refractivity contribution is 0.156. The molecule has 0 radical (unpaired) electrons. The predicted octanol–water partition coefficient (Wildman–Crippen LogP) is 6.44. The molecule has 4 aromatic rings. The van der Waals surface area contributed by atoms with Gasteiger partial charge in [0.05, 0.1) is 24.8 Å². The van der Waals surface area contributed by atoms with Crippen LogP contribution < -0.4 is 4.74 Å². The largest absolute Gasteiger partial charge is 0.496 e. The maximum atomic E-state index is 12.9. The van der Waals surface area contributed by atoms with E-state index in [0.29, 0.717) is 11.6 Å². The summed E-state index contributed by atoms with van der Waals surface area (Å²) in [6, 6.07) is 17.5. The number of benzene rings is 3. The lowest BCUT2D eigenvalue weighted by Gasteiger charge is -2.15. The van der Waals surface area contributed by atoms with Crippen molar-refractivity contribution in [3.8, 4) is 16.9 Å². The van der Waals surface area contributed by atoms with Gasteiger partial charge in [-0.05, 0) is 43.7 Å². The molecule has 0 unspecified atom stereocenters. The number of nitrogens with zero attached hydrogens (tertiary/aromatic N) is 1. The molecule has 0 spiro atoms. The summed E-state index contributed by atoms with van der Waals surface area (Å²) in [5.74, 6) is 0.759. The van der Waals surface area contributed by atoms with Crippen molar-refractivity contribution in [1.82, 2.24) is 4.57 Å². The van der Waals surface area contributed by atoms with Crippen molar-refractivity contribution < 1.29 is 14.3 Å². The van der Waals surface area contributed by atoms with Crippen molar-refractivity contribution in [1.29, 1.82) is 0 Å². The highest BCUT2D eigenvalue weighted by Crippen LogP contribution is 2.42. The lowest BCUT2D eigenvalue weighted by atomic mass is 9.96. The average Bonchev–Trinajstić information content (AvgIpc) is 3.01. The molecule has 142 valence electrons. The number of carbonyl (C=O) groups excluding carboxylic acids is 1. The van der Waals surface area contributed by atoms with Crippen LogP contribution in [-0.4, -0.2) is 24.4 Å². The van der Waals surface area contributed by atoms with Gasteiger partial charge in [-0.3, -0.25) is 0 Å². The Labute approximate surface area is 168 Å². The summed E-state index contributed by atoms with van der Waals surface area (Å²) in [6.45, 7) is 4.10. The van der Waals surface area contributed by atoms with Gasteiger partial charge in [-0.2, -0.15) is 0 Å². The van der Waals surface area contributed by atoms with Crippen LogP contribution in [0, 0.1) is 6.92 Å². The fourth-order valence-corrected chi connectivity index (χ4v) is 3.94. The Balaban J connectivity index is 2.25. The van der Waals surface area contributed by atoms with Crippen LogP contribution in [0.15, 0.2) is 54.6 Å². The zero-order valence-electron chi connectivity index (χ0n) is 16.0. The fourth-order valence-electron chi connectivity index (χ4n) is 3.77. The van der Waals surface area contributed by atoms with E-state index in [1.54, 1.807) is 24.7 Å². The predicted molar refractivity (Wildman–Crippen MR) is 114 cm³/mol. The number of hydrogen-bond donors (Lipinski definition) is 0. The van der Waals surface area contributed by atoms with Gasteiger partial charge in [-0.1, -0.05) is 41.9 Å². The molecule has 0 bridgehead atoms. The van der Waals surface area contributed by atoms with Gasteiger partial charge < -0.3 is 9.47 Å². The SMILES string of the molecule is CCOC(=O)n1c2ccc(Cl)cc2c2cc(OC)c(C)c(-c3ccccc3)c21. The molecule has 0 atom stereocenters. The van der Waals surface area contributed by atoms with Gasteiger partial charge >= 0.3 is 6.09 Å². The van der Waals surface area contributed by atoms with Crippen LogP contribution in [0.3, 0.4) is 0 Å². The summed E-state index contributed by atoms with van der Waals surface area (Å²) in [7, 11) is 1.65. The Hall–Kier alpha value is -2.98. The molecule has 0 saturated carbocycles. The third-order valence-corrected chi connectivity index (χ3v) is 5.19. The number of fused-ring (bicyclic) bond motifs is 3. The second-order valence-electron chi connectivity index (χ2n) is 6.54. The summed E-state index contributed by atoms with van der Waals surface area (Å²) in [6.07, 6.45) is -0.411. The minimum Gasteiger partial charge on any atom is -0.496 e. The van der Waals surface area contributed by atoms with E-state index in [9.17, 15) is 4.79 Å². The minimum atomic E-state index is -0.411. The van der Waals surface area contributed by atoms with Crippen molar-refractivity contribution in [2.24, 2.45) is 0 Å². The van der Waals surface area contributed by atoms with Crippen molar-refractivity contribution in [2.45, 2.75) is 13.8 Å². The zero-order chi connectivity index (χ0) is 19.8. The van der Waals surface area contributed by atoms with Gasteiger partial charge in [0.15, 0.2) is 0 Å². The first kappa shape index (κ1) is 18.4. The smallest absolute Gasteiger partial charge is 0.418 e. The van der Waals surface area contributed by atoms with Gasteiger partial charge in [-0.25, -0.2) is 9.36 Å². The van der Waals surface area contributed by atoms with Gasteiger partial charge in [0.1, 0.15) is 5.75 Å². The number of ether oxygens (including phenoxy) is 2. The van der Waals surface area contributed by atoms with E-state index < -0.39 is 6.09 Å². The van der Waals surface area contributed by atoms with Crippen molar-refractivity contribution in [2.75, 3.05) is 13.7 Å². The first-order valence-corrected chi connectivity index (χ1v) is 9.48. The Morgan fingerprint density at radius 1 is 1.07 bits per heavy atom. The monoisotopic (exact) mass is 393 g/mol. The Kier molecular flexibility index (Phi) is 4.73. The molecule has 0 aliphatic carbocycles. The molecule has 0 aliphatic rings. The summed E-state index contributed by atoms with van der Waals surface area (Å²) < 4.78 is 12.7. The van der Waals surface area contributed by atoms with E-state index >= 15 is 0 Å². The Morgan fingerprint density at radius 3 is 2.50 bits per heavy atom. The van der Waals surface area contributed by atoms with Gasteiger partial charge in [0.25, 0.3) is 0 Å². The number of carbonyl (C=O) groups is 1. The second kappa shape index (κ2) is 7.21. The van der Waals surface area contributed by atoms with E-state index in [4.69, 9.17) is 21.1 Å². The molecule has 0 saturated heterocycles. The molecule has 0 N–H and O–H groups in total. The van der Waals surface area contributed by atoms with Crippen LogP contribution >= 0.6 is 11.6 Å². The number of hydrogen-bond acceptors (Lipinski definition) is 3. The molecule has 1 aromatic heterocycles. The summed E-state index contributed by atoms with van der Waals surface area (Å²) in [5, 5.41) is 2.38. The molecular weight excluding hydrogens is 374 g/mol. The van der Waals surface area contributed by atoms with Crippen LogP contribution in [0.2, 0.25) is 5.02 Å². The quantitative estimate of drug-likeness (QED) is 0.402. The highest BCUT2D eigenvalue weighted by Gasteiger charge is 2.23. The number of methoxy groups -OCH3 is 1. The standard InChI is InChI=1S/C23H20ClNO3/c1-4-28-23(26)25-19-11-10-16(24)12-17(19)18-13-20(27-3)14(2)21(22(18)25)15-8-6-5-7-9-15/h5-13H,4H2,1-3H3. The summed E-state index contributed by atoms with van der Waals surface area (Å²) in [4.78, 5) is 12.9. The third-order valence-electron chi connectivity index (χ3n) is 4.96. The Morgan fingerprint density at radius 2 is 1.82 bits per heavy atom. The number of halogens is 1. The second-order valence-corrected chi connectivity index (χ2v) is 6.97. The van der Waals surface area contributed by atoms with E-state index in [1.807, 2.05) is 55.5 Å². The van der Waals surface area contributed by atoms with Crippen LogP contribution in [0.25, 0.3) is 32.9 Å². The number of aromatic nitrogens is 1. The molecule has 4 rings (SSSR count). The third kappa shape index (κ3) is 2.81. The van der Waals surface area contributed by atoms with E-state index in [1.165, 1.54) is 0 Å². The molecule has 4 nitrogen and oxygen atoms in total. The van der Waals surface area contributed by atoms with Gasteiger partial charge in [0.2, 0.25) is 0 Å². The van der Waals surface area contributed by atoms with Crippen molar-refractivity contribution in [3.63, 3.8) is 0 Å². The van der Waals surface area contributed by atoms with Gasteiger partial charge in [0, 0.05) is 26.9 Å². The summed E-state index contributed by atoms with van der Waals surface area (Å²) in [5.41, 5.74) is 4.45. The average molecular weight is 394 g/mol. The van der Waals surface area contributed by atoms with Crippen LogP contribution in [0.1, 0.15) is 12.5 Å². The topological polar surface area (TPSA) is 40.5 Å². The molecule has 0 aliphatic heterocycles. The molecule has 0 fully saturated rings. The molecule has 1 heterocycles. The van der Waals surface area contributed by atoms with Crippen molar-refractivity contribution >= 4 is 39.5 Å². The van der Waals surface area contributed by atoms with Gasteiger partial charge in [-0.15, -0.1) is 0 Å². The minimum absolute atomic E-state index is 0.295. The van der Waals surface area contributed by atoms with Crippen molar-refractivity contribution in [3.05, 3.63) is 65.2 Å².